The number of sulfonamides is 1. The Kier molecular flexibility index (Phi) is 4.53. The Bertz CT molecular complexity index is 807. The lowest BCUT2D eigenvalue weighted by Crippen LogP contribution is -2.16. The van der Waals surface area contributed by atoms with E-state index in [2.05, 4.69) is 9.71 Å². The maximum atomic E-state index is 12.4. The number of nitrogens with zero attached hydrogens (tertiary/aromatic N) is 1. The number of carbonyl (C=O) groups excluding carboxylic acids is 1. The average Bonchev–Trinajstić information content (AvgIpc) is 2.47. The molecule has 0 aliphatic heterocycles. The molecule has 1 aromatic heterocycles. The van der Waals surface area contributed by atoms with E-state index in [4.69, 9.17) is 22.1 Å². The molecule has 9 heteroatoms. The van der Waals surface area contributed by atoms with Crippen molar-refractivity contribution in [3.63, 3.8) is 0 Å². The van der Waals surface area contributed by atoms with E-state index < -0.39 is 15.9 Å². The summed E-state index contributed by atoms with van der Waals surface area (Å²) < 4.78 is 32.1. The van der Waals surface area contributed by atoms with Gasteiger partial charge in [-0.05, 0) is 30.3 Å². The van der Waals surface area contributed by atoms with Crippen molar-refractivity contribution in [2.24, 2.45) is 5.73 Å². The minimum Gasteiger partial charge on any atom is -0.495 e. The van der Waals surface area contributed by atoms with Gasteiger partial charge in [-0.15, -0.1) is 0 Å². The normalized spacial score (nSPS) is 11.0. The highest BCUT2D eigenvalue weighted by Crippen LogP contribution is 2.28. The third-order valence-corrected chi connectivity index (χ3v) is 4.32. The molecular formula is C13H12ClN3O4S. The maximum Gasteiger partial charge on any atom is 0.267 e. The van der Waals surface area contributed by atoms with Crippen LogP contribution in [0.4, 0.5) is 5.69 Å². The maximum absolute atomic E-state index is 12.4. The number of aromatic nitrogens is 1. The quantitative estimate of drug-likeness (QED) is 0.858. The van der Waals surface area contributed by atoms with E-state index in [1.807, 2.05) is 0 Å². The molecule has 22 heavy (non-hydrogen) atoms. The van der Waals surface area contributed by atoms with Crippen molar-refractivity contribution in [1.82, 2.24) is 4.98 Å². The molecule has 1 aromatic carbocycles. The summed E-state index contributed by atoms with van der Waals surface area (Å²) in [5.41, 5.74) is 5.27. The first-order chi connectivity index (χ1) is 10.3. The second-order valence-corrected chi connectivity index (χ2v) is 6.28. The van der Waals surface area contributed by atoms with E-state index >= 15 is 0 Å². The molecule has 1 amide bonds. The lowest BCUT2D eigenvalue weighted by Gasteiger charge is -2.11. The average molecular weight is 342 g/mol. The predicted molar refractivity (Wildman–Crippen MR) is 81.6 cm³/mol. The molecule has 3 N–H and O–H groups in total. The van der Waals surface area contributed by atoms with Crippen LogP contribution in [-0.4, -0.2) is 26.4 Å². The summed E-state index contributed by atoms with van der Waals surface area (Å²) in [4.78, 5) is 14.6. The van der Waals surface area contributed by atoms with Crippen molar-refractivity contribution >= 4 is 33.2 Å². The molecule has 0 radical (unpaired) electrons. The number of carbonyl (C=O) groups is 1. The summed E-state index contributed by atoms with van der Waals surface area (Å²) >= 11 is 5.83. The summed E-state index contributed by atoms with van der Waals surface area (Å²) in [6.45, 7) is 0. The predicted octanol–water partition coefficient (Wildman–Crippen LogP) is 1.64. The zero-order valence-corrected chi connectivity index (χ0v) is 13.0. The number of primary amides is 1. The second-order valence-electron chi connectivity index (χ2n) is 4.20. The van der Waals surface area contributed by atoms with Crippen LogP contribution in [0.3, 0.4) is 0 Å². The van der Waals surface area contributed by atoms with Crippen molar-refractivity contribution in [1.29, 1.82) is 0 Å². The Balaban J connectivity index is 2.35. The van der Waals surface area contributed by atoms with Crippen molar-refractivity contribution in [2.75, 3.05) is 11.8 Å². The fraction of sp³-hybridized carbons (Fsp3) is 0.0769. The molecule has 0 aliphatic rings. The molecule has 0 spiro atoms. The molecule has 2 rings (SSSR count). The van der Waals surface area contributed by atoms with Crippen LogP contribution in [0.15, 0.2) is 41.4 Å². The number of benzene rings is 1. The van der Waals surface area contributed by atoms with Gasteiger partial charge in [0.15, 0.2) is 0 Å². The van der Waals surface area contributed by atoms with Crippen molar-refractivity contribution in [2.45, 2.75) is 4.90 Å². The van der Waals surface area contributed by atoms with Crippen LogP contribution in [0.25, 0.3) is 0 Å². The Labute approximate surface area is 132 Å². The highest BCUT2D eigenvalue weighted by molar-refractivity contribution is 7.92. The van der Waals surface area contributed by atoms with Crippen LogP contribution < -0.4 is 15.2 Å². The van der Waals surface area contributed by atoms with Crippen LogP contribution in [-0.2, 0) is 10.0 Å². The van der Waals surface area contributed by atoms with Crippen LogP contribution in [0.5, 0.6) is 5.75 Å². The summed E-state index contributed by atoms with van der Waals surface area (Å²) in [5.74, 6) is -0.551. The van der Waals surface area contributed by atoms with E-state index in [-0.39, 0.29) is 27.0 Å². The standard InChI is InChI=1S/C13H12ClN3O4S/c1-21-11-5-2-8(14)6-12(11)22(19,20)17-9-3-4-10(13(15)18)16-7-9/h2-7,17H,1H3,(H2,15,18). The summed E-state index contributed by atoms with van der Waals surface area (Å²) in [5, 5.41) is 0.253. The topological polar surface area (TPSA) is 111 Å². The van der Waals surface area contributed by atoms with Crippen molar-refractivity contribution < 1.29 is 17.9 Å². The molecule has 0 saturated carbocycles. The van der Waals surface area contributed by atoms with Gasteiger partial charge < -0.3 is 10.5 Å². The molecule has 0 unspecified atom stereocenters. The number of amides is 1. The second kappa shape index (κ2) is 6.20. The van der Waals surface area contributed by atoms with Gasteiger partial charge in [-0.3, -0.25) is 9.52 Å². The number of nitrogens with two attached hydrogens (primary N) is 1. The molecule has 0 atom stereocenters. The summed E-state index contributed by atoms with van der Waals surface area (Å²) in [6.07, 6.45) is 1.19. The van der Waals surface area contributed by atoms with E-state index in [0.717, 1.165) is 0 Å². The number of pyridine rings is 1. The van der Waals surface area contributed by atoms with Gasteiger partial charge in [0.1, 0.15) is 16.3 Å². The Hall–Kier alpha value is -2.32. The minimum atomic E-state index is -3.93. The van der Waals surface area contributed by atoms with Crippen LogP contribution in [0.2, 0.25) is 5.02 Å². The van der Waals surface area contributed by atoms with Gasteiger partial charge in [0.2, 0.25) is 0 Å². The molecule has 0 bridgehead atoms. The van der Waals surface area contributed by atoms with E-state index in [9.17, 15) is 13.2 Å². The first-order valence-electron chi connectivity index (χ1n) is 5.95. The van der Waals surface area contributed by atoms with E-state index in [1.165, 1.54) is 43.6 Å². The summed E-state index contributed by atoms with van der Waals surface area (Å²) in [7, 11) is -2.57. The number of rotatable bonds is 5. The lowest BCUT2D eigenvalue weighted by molar-refractivity contribution is 0.0995. The SMILES string of the molecule is COc1ccc(Cl)cc1S(=O)(=O)Nc1ccc(C(N)=O)nc1. The largest absolute Gasteiger partial charge is 0.495 e. The molecule has 7 nitrogen and oxygen atoms in total. The molecule has 0 fully saturated rings. The van der Waals surface area contributed by atoms with Gasteiger partial charge in [0, 0.05) is 5.02 Å². The number of hydrogen-bond acceptors (Lipinski definition) is 5. The van der Waals surface area contributed by atoms with Gasteiger partial charge in [-0.2, -0.15) is 0 Å². The molecular weight excluding hydrogens is 330 g/mol. The number of nitrogens with one attached hydrogen (secondary N) is 1. The third-order valence-electron chi connectivity index (χ3n) is 2.68. The Morgan fingerprint density at radius 1 is 1.32 bits per heavy atom. The molecule has 1 heterocycles. The minimum absolute atomic E-state index is 0.0308. The number of halogens is 1. The lowest BCUT2D eigenvalue weighted by atomic mass is 10.3. The van der Waals surface area contributed by atoms with Gasteiger partial charge in [0.05, 0.1) is 19.0 Å². The van der Waals surface area contributed by atoms with E-state index in [0.29, 0.717) is 0 Å². The van der Waals surface area contributed by atoms with Gasteiger partial charge in [-0.1, -0.05) is 11.6 Å². The van der Waals surface area contributed by atoms with Crippen LogP contribution in [0, 0.1) is 0 Å². The highest BCUT2D eigenvalue weighted by Gasteiger charge is 2.20. The summed E-state index contributed by atoms with van der Waals surface area (Å²) in [6, 6.07) is 6.93. The number of ether oxygens (including phenoxy) is 1. The van der Waals surface area contributed by atoms with Gasteiger partial charge >= 0.3 is 0 Å². The van der Waals surface area contributed by atoms with Crippen molar-refractivity contribution in [3.8, 4) is 5.75 Å². The molecule has 0 aliphatic carbocycles. The van der Waals surface area contributed by atoms with E-state index in [1.54, 1.807) is 0 Å². The van der Waals surface area contributed by atoms with Gasteiger partial charge in [-0.25, -0.2) is 13.4 Å². The number of anilines is 1. The molecule has 116 valence electrons. The smallest absolute Gasteiger partial charge is 0.267 e. The monoisotopic (exact) mass is 341 g/mol. The van der Waals surface area contributed by atoms with Crippen molar-refractivity contribution in [3.05, 3.63) is 47.2 Å². The van der Waals surface area contributed by atoms with Crippen LogP contribution in [0.1, 0.15) is 10.5 Å². The Morgan fingerprint density at radius 3 is 2.59 bits per heavy atom. The Morgan fingerprint density at radius 2 is 2.05 bits per heavy atom. The fourth-order valence-corrected chi connectivity index (χ4v) is 3.15. The number of hydrogen-bond donors (Lipinski definition) is 2. The molecule has 2 aromatic rings. The highest BCUT2D eigenvalue weighted by atomic mass is 35.5. The first kappa shape index (κ1) is 16.1. The fourth-order valence-electron chi connectivity index (χ4n) is 1.67. The van der Waals surface area contributed by atoms with Crippen LogP contribution >= 0.6 is 11.6 Å². The zero-order valence-electron chi connectivity index (χ0n) is 11.4. The molecule has 0 saturated heterocycles. The number of methoxy groups -OCH3 is 1. The van der Waals surface area contributed by atoms with Gasteiger partial charge in [0.25, 0.3) is 15.9 Å². The zero-order chi connectivity index (χ0) is 16.3. The third kappa shape index (κ3) is 3.46. The first-order valence-corrected chi connectivity index (χ1v) is 7.82.